The number of hydrogen-bond donors (Lipinski definition) is 3. The molecule has 0 radical (unpaired) electrons. The Morgan fingerprint density at radius 2 is 2.27 bits per heavy atom. The summed E-state index contributed by atoms with van der Waals surface area (Å²) in [6.07, 6.45) is 1.88. The predicted octanol–water partition coefficient (Wildman–Crippen LogP) is 1.92. The van der Waals surface area contributed by atoms with E-state index in [2.05, 4.69) is 26.6 Å². The van der Waals surface area contributed by atoms with Gasteiger partial charge < -0.3 is 25.4 Å². The zero-order valence-electron chi connectivity index (χ0n) is 15.4. The zero-order chi connectivity index (χ0) is 17.7. The van der Waals surface area contributed by atoms with E-state index < -0.39 is 5.60 Å². The van der Waals surface area contributed by atoms with Crippen LogP contribution in [0, 0.1) is 0 Å². The Balaban J connectivity index is 0.00000243. The van der Waals surface area contributed by atoms with E-state index >= 15 is 0 Å². The van der Waals surface area contributed by atoms with E-state index in [4.69, 9.17) is 4.74 Å². The van der Waals surface area contributed by atoms with Crippen molar-refractivity contribution in [3.8, 4) is 5.75 Å². The molecule has 8 heteroatoms. The number of rotatable bonds is 5. The fourth-order valence-electron chi connectivity index (χ4n) is 3.36. The van der Waals surface area contributed by atoms with Crippen LogP contribution < -0.4 is 20.3 Å². The van der Waals surface area contributed by atoms with Gasteiger partial charge in [-0.2, -0.15) is 11.8 Å². The molecule has 2 fully saturated rings. The van der Waals surface area contributed by atoms with Crippen LogP contribution in [0.2, 0.25) is 0 Å². The second-order valence-electron chi connectivity index (χ2n) is 6.70. The van der Waals surface area contributed by atoms with Crippen LogP contribution in [0.25, 0.3) is 0 Å². The normalized spacial score (nSPS) is 25.7. The molecule has 26 heavy (non-hydrogen) atoms. The largest absolute Gasteiger partial charge is 0.495 e. The minimum Gasteiger partial charge on any atom is -0.495 e. The maximum Gasteiger partial charge on any atom is 0.191 e. The number of para-hydroxylation sites is 2. The Morgan fingerprint density at radius 1 is 1.46 bits per heavy atom. The molecule has 2 aliphatic rings. The van der Waals surface area contributed by atoms with Gasteiger partial charge in [0.25, 0.3) is 0 Å². The number of halogens is 1. The first-order chi connectivity index (χ1) is 12.1. The van der Waals surface area contributed by atoms with Crippen molar-refractivity contribution in [1.82, 2.24) is 10.6 Å². The average molecular weight is 492 g/mol. The molecule has 2 aliphatic heterocycles. The molecule has 146 valence electrons. The Labute approximate surface area is 177 Å². The van der Waals surface area contributed by atoms with Gasteiger partial charge >= 0.3 is 0 Å². The summed E-state index contributed by atoms with van der Waals surface area (Å²) < 4.78 is 5.47. The van der Waals surface area contributed by atoms with Gasteiger partial charge in [0, 0.05) is 38.5 Å². The van der Waals surface area contributed by atoms with Crippen LogP contribution in [0.4, 0.5) is 5.69 Å². The molecule has 0 bridgehead atoms. The Kier molecular flexibility index (Phi) is 8.15. The highest BCUT2D eigenvalue weighted by Gasteiger charge is 2.32. The van der Waals surface area contributed by atoms with Crippen molar-refractivity contribution in [3.63, 3.8) is 0 Å². The number of methoxy groups -OCH3 is 1. The van der Waals surface area contributed by atoms with Crippen molar-refractivity contribution < 1.29 is 9.84 Å². The number of guanidine groups is 1. The molecule has 1 aromatic carbocycles. The number of nitrogens with zero attached hydrogens (tertiary/aromatic N) is 2. The predicted molar refractivity (Wildman–Crippen MR) is 120 cm³/mol. The first-order valence-corrected chi connectivity index (χ1v) is 9.94. The SMILES string of the molecule is CN=C(NCC1(O)CCSC1)NC1CCN(c2ccccc2OC)C1.I. The zero-order valence-corrected chi connectivity index (χ0v) is 18.5. The third kappa shape index (κ3) is 5.32. The van der Waals surface area contributed by atoms with Crippen LogP contribution >= 0.6 is 35.7 Å². The summed E-state index contributed by atoms with van der Waals surface area (Å²) in [4.78, 5) is 6.65. The number of ether oxygens (including phenoxy) is 1. The van der Waals surface area contributed by atoms with E-state index in [0.29, 0.717) is 12.6 Å². The van der Waals surface area contributed by atoms with Gasteiger partial charge in [-0.05, 0) is 30.7 Å². The number of anilines is 1. The molecule has 2 heterocycles. The monoisotopic (exact) mass is 492 g/mol. The van der Waals surface area contributed by atoms with E-state index in [-0.39, 0.29) is 24.0 Å². The van der Waals surface area contributed by atoms with Crippen LogP contribution in [0.15, 0.2) is 29.3 Å². The maximum absolute atomic E-state index is 10.5. The lowest BCUT2D eigenvalue weighted by atomic mass is 10.0. The molecule has 0 saturated carbocycles. The summed E-state index contributed by atoms with van der Waals surface area (Å²) in [7, 11) is 3.48. The van der Waals surface area contributed by atoms with Crippen LogP contribution in [0.3, 0.4) is 0 Å². The van der Waals surface area contributed by atoms with Crippen molar-refractivity contribution in [3.05, 3.63) is 24.3 Å². The summed E-state index contributed by atoms with van der Waals surface area (Å²) in [6, 6.07) is 8.45. The van der Waals surface area contributed by atoms with Crippen LogP contribution in [0.1, 0.15) is 12.8 Å². The highest BCUT2D eigenvalue weighted by atomic mass is 127. The lowest BCUT2D eigenvalue weighted by Crippen LogP contribution is -2.50. The molecular weight excluding hydrogens is 463 g/mol. The van der Waals surface area contributed by atoms with Gasteiger partial charge in [0.2, 0.25) is 0 Å². The molecule has 6 nitrogen and oxygen atoms in total. The Hall–Kier alpha value is -0.870. The fourth-order valence-corrected chi connectivity index (χ4v) is 4.66. The number of thioether (sulfide) groups is 1. The van der Waals surface area contributed by atoms with Crippen molar-refractivity contribution >= 4 is 47.4 Å². The molecule has 0 aliphatic carbocycles. The van der Waals surface area contributed by atoms with Crippen molar-refractivity contribution in [2.45, 2.75) is 24.5 Å². The molecule has 0 spiro atoms. The Bertz CT molecular complexity index is 611. The van der Waals surface area contributed by atoms with Gasteiger partial charge in [0.15, 0.2) is 5.96 Å². The minimum absolute atomic E-state index is 0. The van der Waals surface area contributed by atoms with E-state index in [0.717, 1.165) is 54.8 Å². The van der Waals surface area contributed by atoms with Crippen molar-refractivity contribution in [2.24, 2.45) is 4.99 Å². The van der Waals surface area contributed by atoms with E-state index in [1.807, 2.05) is 18.2 Å². The molecule has 3 rings (SSSR count). The molecule has 3 N–H and O–H groups in total. The molecule has 1 aromatic rings. The van der Waals surface area contributed by atoms with E-state index in [9.17, 15) is 5.11 Å². The van der Waals surface area contributed by atoms with Gasteiger partial charge in [-0.25, -0.2) is 0 Å². The summed E-state index contributed by atoms with van der Waals surface area (Å²) >= 11 is 1.81. The van der Waals surface area contributed by atoms with Gasteiger partial charge in [-0.3, -0.25) is 4.99 Å². The molecular formula is C18H29IN4O2S. The summed E-state index contributed by atoms with van der Waals surface area (Å²) in [5.74, 6) is 3.49. The van der Waals surface area contributed by atoms with Gasteiger partial charge in [-0.1, -0.05) is 12.1 Å². The number of aliphatic hydroxyl groups is 1. The van der Waals surface area contributed by atoms with Crippen LogP contribution in [-0.2, 0) is 0 Å². The maximum atomic E-state index is 10.5. The van der Waals surface area contributed by atoms with Crippen molar-refractivity contribution in [2.75, 3.05) is 50.2 Å². The van der Waals surface area contributed by atoms with Crippen molar-refractivity contribution in [1.29, 1.82) is 0 Å². The first-order valence-electron chi connectivity index (χ1n) is 8.79. The standard InChI is InChI=1S/C18H28N4O2S.HI/c1-19-17(20-12-18(23)8-10-25-13-18)21-14-7-9-22(11-14)15-5-3-4-6-16(15)24-2;/h3-6,14,23H,7-13H2,1-2H3,(H2,19,20,21);1H. The third-order valence-corrected chi connectivity index (χ3v) is 6.08. The Morgan fingerprint density at radius 3 is 2.96 bits per heavy atom. The molecule has 2 saturated heterocycles. The fraction of sp³-hybridized carbons (Fsp3) is 0.611. The van der Waals surface area contributed by atoms with Gasteiger partial charge in [0.1, 0.15) is 5.75 Å². The summed E-state index contributed by atoms with van der Waals surface area (Å²) in [5, 5.41) is 17.2. The minimum atomic E-state index is -0.610. The summed E-state index contributed by atoms with van der Waals surface area (Å²) in [5.41, 5.74) is 0.524. The second-order valence-corrected chi connectivity index (χ2v) is 7.81. The molecule has 0 amide bonds. The molecule has 2 unspecified atom stereocenters. The van der Waals surface area contributed by atoms with E-state index in [1.165, 1.54) is 0 Å². The van der Waals surface area contributed by atoms with Gasteiger partial charge in [0.05, 0.1) is 18.4 Å². The topological polar surface area (TPSA) is 69.1 Å². The number of aliphatic imine (C=N–C) groups is 1. The quantitative estimate of drug-likeness (QED) is 0.332. The van der Waals surface area contributed by atoms with Gasteiger partial charge in [-0.15, -0.1) is 24.0 Å². The van der Waals surface area contributed by atoms with Crippen LogP contribution in [-0.4, -0.2) is 68.0 Å². The second kappa shape index (κ2) is 9.89. The number of benzene rings is 1. The number of nitrogens with one attached hydrogen (secondary N) is 2. The van der Waals surface area contributed by atoms with E-state index in [1.54, 1.807) is 25.9 Å². The lowest BCUT2D eigenvalue weighted by Gasteiger charge is -2.25. The average Bonchev–Trinajstić information content (AvgIpc) is 3.28. The summed E-state index contributed by atoms with van der Waals surface area (Å²) in [6.45, 7) is 2.43. The third-order valence-electron chi connectivity index (χ3n) is 4.85. The smallest absolute Gasteiger partial charge is 0.191 e. The highest BCUT2D eigenvalue weighted by Crippen LogP contribution is 2.30. The molecule has 0 aromatic heterocycles. The number of hydrogen-bond acceptors (Lipinski definition) is 5. The first kappa shape index (κ1) is 21.4. The van der Waals surface area contributed by atoms with Crippen LogP contribution in [0.5, 0.6) is 5.75 Å². The highest BCUT2D eigenvalue weighted by molar-refractivity contribution is 14.0. The molecule has 2 atom stereocenters. The lowest BCUT2D eigenvalue weighted by molar-refractivity contribution is 0.0724.